The van der Waals surface area contributed by atoms with Crippen molar-refractivity contribution in [3.63, 3.8) is 0 Å². The number of anilines is 1. The lowest BCUT2D eigenvalue weighted by Crippen LogP contribution is -2.43. The van der Waals surface area contributed by atoms with E-state index in [1.807, 2.05) is 0 Å². The summed E-state index contributed by atoms with van der Waals surface area (Å²) in [5, 5.41) is 0. The van der Waals surface area contributed by atoms with Gasteiger partial charge in [-0.05, 0) is 12.3 Å². The molecule has 5 aromatic rings. The van der Waals surface area contributed by atoms with E-state index in [4.69, 9.17) is 28.6 Å². The van der Waals surface area contributed by atoms with Crippen molar-refractivity contribution >= 4 is 50.0 Å². The summed E-state index contributed by atoms with van der Waals surface area (Å²) in [5.74, 6) is -0.326. The summed E-state index contributed by atoms with van der Waals surface area (Å²) in [4.78, 5) is 47.0. The predicted molar refractivity (Wildman–Crippen MR) is 148 cm³/mol. The van der Waals surface area contributed by atoms with E-state index >= 15 is 4.39 Å². The first-order valence-corrected chi connectivity index (χ1v) is 16.3. The predicted octanol–water partition coefficient (Wildman–Crippen LogP) is 1.41. The van der Waals surface area contributed by atoms with Gasteiger partial charge < -0.3 is 24.9 Å². The number of H-pyrrole nitrogens is 1. The van der Waals surface area contributed by atoms with E-state index in [0.717, 1.165) is 0 Å². The SMILES string of the molecule is Nc1ncnc2c1ncn2[C@@H]1C[C@@H]2CO[P+](=O)O[C@H]3C(n4cnc5c(=O)n6ccnc6[nH]c54)O[C@H](COP(=O)(O)OC[C@H]21)[C@H]3F. The molecule has 0 spiro atoms. The molecule has 2 bridgehead atoms. The molecular formula is C23H24FN10O9P2+. The van der Waals surface area contributed by atoms with Crippen LogP contribution >= 0.6 is 16.1 Å². The molecule has 7 heterocycles. The number of nitrogen functional groups attached to an aromatic ring is 1. The van der Waals surface area contributed by atoms with Crippen LogP contribution in [0.5, 0.6) is 0 Å². The Morgan fingerprint density at radius 2 is 1.89 bits per heavy atom. The number of alkyl halides is 1. The van der Waals surface area contributed by atoms with E-state index in [1.165, 1.54) is 34.0 Å². The fraction of sp³-hybridized carbons (Fsp3) is 0.478. The minimum absolute atomic E-state index is 0.00291. The van der Waals surface area contributed by atoms with E-state index < -0.39 is 58.8 Å². The zero-order valence-electron chi connectivity index (χ0n) is 22.9. The van der Waals surface area contributed by atoms with Gasteiger partial charge in [-0.1, -0.05) is 0 Å². The van der Waals surface area contributed by atoms with Gasteiger partial charge in [0.25, 0.3) is 5.56 Å². The highest BCUT2D eigenvalue weighted by Gasteiger charge is 2.54. The Bertz CT molecular complexity index is 2070. The van der Waals surface area contributed by atoms with Crippen molar-refractivity contribution in [1.82, 2.24) is 43.4 Å². The molecule has 2 aliphatic heterocycles. The van der Waals surface area contributed by atoms with Crippen LogP contribution in [0.4, 0.5) is 10.2 Å². The molecule has 4 N–H and O–H groups in total. The normalized spacial score (nSPS) is 33.7. The molecule has 1 saturated carbocycles. The van der Waals surface area contributed by atoms with Crippen molar-refractivity contribution in [2.24, 2.45) is 11.8 Å². The highest BCUT2D eigenvalue weighted by Crippen LogP contribution is 2.52. The molecule has 1 aliphatic carbocycles. The van der Waals surface area contributed by atoms with Gasteiger partial charge in [0.15, 0.2) is 35.5 Å². The number of imidazole rings is 3. The first kappa shape index (κ1) is 28.7. The molecule has 0 radical (unpaired) electrons. The van der Waals surface area contributed by atoms with Gasteiger partial charge in [-0.2, -0.15) is 0 Å². The van der Waals surface area contributed by atoms with Gasteiger partial charge in [0.05, 0.1) is 25.9 Å². The lowest BCUT2D eigenvalue weighted by molar-refractivity contribution is -0.0468. The molecule has 3 aliphatic rings. The number of rotatable bonds is 2. The van der Waals surface area contributed by atoms with Crippen LogP contribution in [-0.4, -0.2) is 86.5 Å². The van der Waals surface area contributed by atoms with Crippen LogP contribution in [-0.2, 0) is 32.0 Å². The van der Waals surface area contributed by atoms with Crippen LogP contribution in [0.25, 0.3) is 28.1 Å². The van der Waals surface area contributed by atoms with Crippen LogP contribution in [0.2, 0.25) is 0 Å². The summed E-state index contributed by atoms with van der Waals surface area (Å²) in [7, 11) is -7.58. The zero-order chi connectivity index (χ0) is 31.0. The van der Waals surface area contributed by atoms with Crippen molar-refractivity contribution in [2.45, 2.75) is 37.1 Å². The standard InChI is InChI=1S/C23H23FN10O9P2/c24-14-13-6-41-45(37,38)40-5-11-10(3-12(11)33-8-29-15-18(25)27-7-28-19(15)33)4-39-44(36)43-17(14)22(42-13)34-9-30-16-20(34)31-23-26-1-2-32(23)21(16)35/h1-2,7-14,17,22H,3-6H2,(H3-,25,26,27,28,31,35,37,38)/p+1/t10-,11-,12-,13-,14-,17-,22?/m1/s1. The fourth-order valence-electron chi connectivity index (χ4n) is 6.10. The summed E-state index contributed by atoms with van der Waals surface area (Å²) >= 11 is 0. The topological polar surface area (TPSA) is 238 Å². The Hall–Kier alpha value is -3.74. The molecule has 45 heavy (non-hydrogen) atoms. The Morgan fingerprint density at radius 1 is 1.09 bits per heavy atom. The second-order valence-corrected chi connectivity index (χ2v) is 13.2. The number of fused-ring (bicyclic) bond motifs is 6. The van der Waals surface area contributed by atoms with Crippen molar-refractivity contribution < 1.29 is 41.2 Å². The Kier molecular flexibility index (Phi) is 6.81. The third-order valence-corrected chi connectivity index (χ3v) is 10.2. The van der Waals surface area contributed by atoms with E-state index in [1.54, 1.807) is 10.9 Å². The molecule has 19 nitrogen and oxygen atoms in total. The number of phosphoric ester groups is 1. The third-order valence-electron chi connectivity index (χ3n) is 8.45. The molecule has 2 saturated heterocycles. The molecule has 8 rings (SSSR count). The number of aromatic amines is 1. The number of phosphoric acid groups is 1. The summed E-state index contributed by atoms with van der Waals surface area (Å²) in [6.45, 7) is -1.06. The van der Waals surface area contributed by atoms with E-state index in [0.29, 0.717) is 17.6 Å². The molecule has 236 valence electrons. The van der Waals surface area contributed by atoms with Crippen molar-refractivity contribution in [2.75, 3.05) is 25.6 Å². The van der Waals surface area contributed by atoms with Gasteiger partial charge in [0.1, 0.15) is 30.2 Å². The van der Waals surface area contributed by atoms with Gasteiger partial charge in [-0.3, -0.25) is 18.4 Å². The molecule has 3 fully saturated rings. The fourth-order valence-corrected chi connectivity index (χ4v) is 7.66. The monoisotopic (exact) mass is 665 g/mol. The number of nitrogens with two attached hydrogens (primary N) is 1. The molecule has 0 amide bonds. The lowest BCUT2D eigenvalue weighted by Gasteiger charge is -2.44. The van der Waals surface area contributed by atoms with Gasteiger partial charge in [-0.15, -0.1) is 9.05 Å². The summed E-state index contributed by atoms with van der Waals surface area (Å²) in [5.41, 5.74) is 6.45. The first-order valence-electron chi connectivity index (χ1n) is 13.7. The summed E-state index contributed by atoms with van der Waals surface area (Å²) < 4.78 is 73.5. The largest absolute Gasteiger partial charge is 0.697 e. The third kappa shape index (κ3) is 4.76. The second kappa shape index (κ2) is 10.7. The van der Waals surface area contributed by atoms with E-state index in [9.17, 15) is 18.8 Å². The Balaban J connectivity index is 1.08. The lowest BCUT2D eigenvalue weighted by atomic mass is 9.70. The molecular weight excluding hydrogens is 641 g/mol. The maximum absolute atomic E-state index is 15.8. The van der Waals surface area contributed by atoms with Crippen molar-refractivity contribution in [3.05, 3.63) is 41.7 Å². The van der Waals surface area contributed by atoms with Gasteiger partial charge in [0, 0.05) is 28.9 Å². The summed E-state index contributed by atoms with van der Waals surface area (Å²) in [6, 6.07) is -0.290. The molecule has 5 aromatic heterocycles. The average Bonchev–Trinajstić information content (AvgIpc) is 3.79. The van der Waals surface area contributed by atoms with Crippen LogP contribution in [0.3, 0.4) is 0 Å². The molecule has 22 heteroatoms. The minimum atomic E-state index is -4.70. The summed E-state index contributed by atoms with van der Waals surface area (Å²) in [6.07, 6.45) is 1.10. The maximum atomic E-state index is 15.8. The first-order chi connectivity index (χ1) is 21.7. The minimum Gasteiger partial charge on any atom is -0.382 e. The molecule has 0 aromatic carbocycles. The quantitative estimate of drug-likeness (QED) is 0.226. The number of nitrogens with zero attached hydrogens (tertiary/aromatic N) is 8. The highest BCUT2D eigenvalue weighted by molar-refractivity contribution is 7.47. The number of halogens is 1. The highest BCUT2D eigenvalue weighted by atomic mass is 31.2. The number of aromatic nitrogens is 9. The Labute approximate surface area is 251 Å². The van der Waals surface area contributed by atoms with E-state index in [-0.39, 0.29) is 47.9 Å². The number of ether oxygens (including phenoxy) is 1. The second-order valence-electron chi connectivity index (χ2n) is 10.9. The van der Waals surface area contributed by atoms with Crippen LogP contribution in [0.1, 0.15) is 18.7 Å². The van der Waals surface area contributed by atoms with Crippen molar-refractivity contribution in [3.8, 4) is 0 Å². The van der Waals surface area contributed by atoms with Crippen LogP contribution in [0.15, 0.2) is 36.2 Å². The van der Waals surface area contributed by atoms with Gasteiger partial charge >= 0.3 is 16.1 Å². The zero-order valence-corrected chi connectivity index (χ0v) is 24.7. The maximum Gasteiger partial charge on any atom is 0.697 e. The number of hydrogen-bond acceptors (Lipinski definition) is 14. The van der Waals surface area contributed by atoms with Crippen LogP contribution in [0, 0.1) is 11.8 Å². The smallest absolute Gasteiger partial charge is 0.382 e. The number of nitrogens with one attached hydrogen (secondary N) is 1. The average molecular weight is 665 g/mol. The molecule has 3 unspecified atom stereocenters. The van der Waals surface area contributed by atoms with Gasteiger partial charge in [-0.25, -0.2) is 38.3 Å². The molecule has 9 atom stereocenters. The van der Waals surface area contributed by atoms with E-state index in [2.05, 4.69) is 29.9 Å². The van der Waals surface area contributed by atoms with Gasteiger partial charge in [0.2, 0.25) is 5.78 Å². The van der Waals surface area contributed by atoms with Crippen molar-refractivity contribution in [1.29, 1.82) is 0 Å². The number of hydrogen-bond donors (Lipinski definition) is 3. The Morgan fingerprint density at radius 3 is 2.76 bits per heavy atom. The van der Waals surface area contributed by atoms with Crippen LogP contribution < -0.4 is 11.3 Å².